The predicted octanol–water partition coefficient (Wildman–Crippen LogP) is 6.57. The number of rotatable bonds is 8. The number of likely N-dealkylation sites (tertiary alicyclic amines) is 1. The van der Waals surface area contributed by atoms with Crippen LogP contribution in [0.2, 0.25) is 0 Å². The molecular formula is C38H39NO4. The van der Waals surface area contributed by atoms with E-state index in [-0.39, 0.29) is 18.2 Å². The minimum Gasteiger partial charge on any atom is -0.485 e. The number of hydrogen-bond acceptors (Lipinski definition) is 5. The summed E-state index contributed by atoms with van der Waals surface area (Å²) in [7, 11) is 0. The molecule has 2 heterocycles. The fourth-order valence-corrected chi connectivity index (χ4v) is 8.98. The summed E-state index contributed by atoms with van der Waals surface area (Å²) in [6.45, 7) is 3.12. The van der Waals surface area contributed by atoms with Crippen LogP contribution in [-0.2, 0) is 29.8 Å². The van der Waals surface area contributed by atoms with Crippen LogP contribution in [0.25, 0.3) is 10.8 Å². The molecule has 220 valence electrons. The van der Waals surface area contributed by atoms with Crippen LogP contribution in [0.15, 0.2) is 84.9 Å². The van der Waals surface area contributed by atoms with Gasteiger partial charge in [0.1, 0.15) is 12.7 Å². The fourth-order valence-electron chi connectivity index (χ4n) is 8.98. The molecule has 5 aliphatic rings. The lowest BCUT2D eigenvalue weighted by molar-refractivity contribution is -0.217. The molecular weight excluding hydrogens is 534 g/mol. The largest absolute Gasteiger partial charge is 0.485 e. The number of hydrogen-bond donors (Lipinski definition) is 1. The van der Waals surface area contributed by atoms with Crippen LogP contribution < -0.4 is 9.47 Å². The van der Waals surface area contributed by atoms with Crippen molar-refractivity contribution in [2.75, 3.05) is 13.1 Å². The summed E-state index contributed by atoms with van der Waals surface area (Å²) in [6.07, 6.45) is 5.57. The Labute approximate surface area is 253 Å². The topological polar surface area (TPSA) is 51.2 Å². The van der Waals surface area contributed by atoms with Crippen molar-refractivity contribution in [3.8, 4) is 11.5 Å². The minimum atomic E-state index is -0.843. The van der Waals surface area contributed by atoms with Gasteiger partial charge >= 0.3 is 0 Å². The third-order valence-corrected chi connectivity index (χ3v) is 11.2. The van der Waals surface area contributed by atoms with E-state index in [9.17, 15) is 5.11 Å². The highest BCUT2D eigenvalue weighted by Gasteiger charge is 2.73. The highest BCUT2D eigenvalue weighted by Crippen LogP contribution is 2.66. The molecule has 4 aromatic carbocycles. The second kappa shape index (κ2) is 9.82. The van der Waals surface area contributed by atoms with Crippen LogP contribution in [0.5, 0.6) is 11.5 Å². The first-order valence-corrected chi connectivity index (χ1v) is 16.2. The lowest BCUT2D eigenvalue weighted by Gasteiger charge is -2.64. The molecule has 0 amide bonds. The van der Waals surface area contributed by atoms with E-state index in [1.54, 1.807) is 0 Å². The number of fused-ring (bicyclic) bond motifs is 1. The molecule has 9 rings (SSSR count). The number of aliphatic hydroxyl groups is 1. The summed E-state index contributed by atoms with van der Waals surface area (Å²) in [6, 6.07) is 29.8. The number of nitrogens with zero attached hydrogens (tertiary/aromatic N) is 1. The molecule has 1 spiro atoms. The van der Waals surface area contributed by atoms with Crippen LogP contribution in [0.4, 0.5) is 0 Å². The highest BCUT2D eigenvalue weighted by atomic mass is 16.6. The molecule has 5 nitrogen and oxygen atoms in total. The van der Waals surface area contributed by atoms with Gasteiger partial charge < -0.3 is 19.3 Å². The summed E-state index contributed by atoms with van der Waals surface area (Å²) >= 11 is 0. The van der Waals surface area contributed by atoms with E-state index in [2.05, 4.69) is 71.6 Å². The molecule has 4 aromatic rings. The Morgan fingerprint density at radius 2 is 1.67 bits per heavy atom. The second-order valence-electron chi connectivity index (χ2n) is 13.6. The normalized spacial score (nSPS) is 30.6. The van der Waals surface area contributed by atoms with Gasteiger partial charge in [-0.25, -0.2) is 0 Å². The van der Waals surface area contributed by atoms with Crippen LogP contribution in [0.3, 0.4) is 0 Å². The van der Waals surface area contributed by atoms with Gasteiger partial charge in [0.25, 0.3) is 0 Å². The quantitative estimate of drug-likeness (QED) is 0.259. The monoisotopic (exact) mass is 573 g/mol. The SMILES string of the molecule is O[C@@]12CC[C@H](OCc3ccc4ccccc4c3)[C@@H]3Oc4c(OCc5ccccc5)ccc5c4[C@@]31CCN(CC1CC1)[C@@H]2C5. The van der Waals surface area contributed by atoms with Crippen molar-refractivity contribution in [3.05, 3.63) is 107 Å². The lowest BCUT2D eigenvalue weighted by Crippen LogP contribution is -2.77. The maximum absolute atomic E-state index is 12.9. The molecule has 2 saturated carbocycles. The Morgan fingerprint density at radius 3 is 2.53 bits per heavy atom. The third kappa shape index (κ3) is 4.01. The summed E-state index contributed by atoms with van der Waals surface area (Å²) in [5.41, 5.74) is 3.48. The standard InChI is InChI=1S/C38H39NO4/c40-38-17-16-32(42-24-27-12-13-28-8-4-5-9-29(28)20-27)36-37(38)18-19-39(22-25-10-11-25)33(38)21-30-14-15-31(35(43-36)34(30)37)41-23-26-6-2-1-3-7-26/h1-9,12-15,20,25,32-33,36,40H,10-11,16-19,21-24H2/t32-,33+,36-,37-,38+/m0/s1. The molecule has 5 heteroatoms. The van der Waals surface area contributed by atoms with E-state index in [0.29, 0.717) is 13.2 Å². The lowest BCUT2D eigenvalue weighted by atomic mass is 9.48. The Balaban J connectivity index is 1.07. The second-order valence-corrected chi connectivity index (χ2v) is 13.6. The zero-order chi connectivity index (χ0) is 28.6. The molecule has 3 fully saturated rings. The van der Waals surface area contributed by atoms with Crippen LogP contribution in [-0.4, -0.2) is 46.9 Å². The van der Waals surface area contributed by atoms with E-state index in [0.717, 1.165) is 61.8 Å². The molecule has 0 aromatic heterocycles. The summed E-state index contributed by atoms with van der Waals surface area (Å²) in [4.78, 5) is 2.62. The number of piperidine rings is 1. The van der Waals surface area contributed by atoms with Gasteiger partial charge in [0.15, 0.2) is 11.5 Å². The van der Waals surface area contributed by atoms with E-state index in [1.807, 2.05) is 18.2 Å². The van der Waals surface area contributed by atoms with Crippen LogP contribution in [0, 0.1) is 5.92 Å². The van der Waals surface area contributed by atoms with Gasteiger partial charge in [-0.05, 0) is 90.6 Å². The Morgan fingerprint density at radius 1 is 0.837 bits per heavy atom. The Kier molecular flexibility index (Phi) is 5.95. The predicted molar refractivity (Wildman–Crippen MR) is 166 cm³/mol. The van der Waals surface area contributed by atoms with Crippen molar-refractivity contribution < 1.29 is 19.3 Å². The third-order valence-electron chi connectivity index (χ3n) is 11.2. The highest BCUT2D eigenvalue weighted by molar-refractivity contribution is 5.83. The molecule has 3 aliphatic carbocycles. The van der Waals surface area contributed by atoms with Gasteiger partial charge in [-0.1, -0.05) is 72.8 Å². The minimum absolute atomic E-state index is 0.109. The maximum atomic E-state index is 12.9. The van der Waals surface area contributed by atoms with Crippen molar-refractivity contribution in [2.45, 2.75) is 81.0 Å². The van der Waals surface area contributed by atoms with E-state index < -0.39 is 11.0 Å². The number of ether oxygens (including phenoxy) is 3. The first-order valence-electron chi connectivity index (χ1n) is 16.2. The van der Waals surface area contributed by atoms with Crippen LogP contribution in [0.1, 0.15) is 54.4 Å². The molecule has 0 radical (unpaired) electrons. The average Bonchev–Trinajstić information content (AvgIpc) is 3.79. The Bertz CT molecular complexity index is 1680. The molecule has 43 heavy (non-hydrogen) atoms. The van der Waals surface area contributed by atoms with E-state index >= 15 is 0 Å². The van der Waals surface area contributed by atoms with Crippen molar-refractivity contribution in [2.24, 2.45) is 5.92 Å². The molecule has 2 bridgehead atoms. The van der Waals surface area contributed by atoms with E-state index in [1.165, 1.54) is 40.3 Å². The van der Waals surface area contributed by atoms with Crippen molar-refractivity contribution in [1.29, 1.82) is 0 Å². The van der Waals surface area contributed by atoms with Crippen molar-refractivity contribution in [1.82, 2.24) is 4.90 Å². The zero-order valence-electron chi connectivity index (χ0n) is 24.6. The van der Waals surface area contributed by atoms with Crippen molar-refractivity contribution >= 4 is 10.8 Å². The number of benzene rings is 4. The van der Waals surface area contributed by atoms with Gasteiger partial charge in [0, 0.05) is 18.2 Å². The van der Waals surface area contributed by atoms with Gasteiger partial charge in [-0.15, -0.1) is 0 Å². The molecule has 2 aliphatic heterocycles. The van der Waals surface area contributed by atoms with E-state index in [4.69, 9.17) is 14.2 Å². The van der Waals surface area contributed by atoms with Gasteiger partial charge in [0.05, 0.1) is 23.7 Å². The molecule has 5 atom stereocenters. The first-order chi connectivity index (χ1) is 21.1. The average molecular weight is 574 g/mol. The van der Waals surface area contributed by atoms with Gasteiger partial charge in [-0.2, -0.15) is 0 Å². The Hall–Kier alpha value is -3.38. The smallest absolute Gasteiger partial charge is 0.166 e. The van der Waals surface area contributed by atoms with Gasteiger partial charge in [0.2, 0.25) is 0 Å². The van der Waals surface area contributed by atoms with Gasteiger partial charge in [-0.3, -0.25) is 4.90 Å². The summed E-state index contributed by atoms with van der Waals surface area (Å²) in [5, 5.41) is 15.4. The molecule has 1 N–H and O–H groups in total. The summed E-state index contributed by atoms with van der Waals surface area (Å²) in [5.74, 6) is 2.41. The first kappa shape index (κ1) is 26.1. The maximum Gasteiger partial charge on any atom is 0.166 e. The van der Waals surface area contributed by atoms with Crippen molar-refractivity contribution in [3.63, 3.8) is 0 Å². The fraction of sp³-hybridized carbons (Fsp3) is 0.421. The summed E-state index contributed by atoms with van der Waals surface area (Å²) < 4.78 is 20.3. The van der Waals surface area contributed by atoms with Crippen LogP contribution >= 0.6 is 0 Å². The molecule has 1 saturated heterocycles. The zero-order valence-corrected chi connectivity index (χ0v) is 24.6. The molecule has 0 unspecified atom stereocenters.